The van der Waals surface area contributed by atoms with Crippen LogP contribution in [-0.2, 0) is 28.0 Å². The molecular formula is C24H29N3O3S. The monoisotopic (exact) mass is 439 g/mol. The first-order valence-corrected chi connectivity index (χ1v) is 11.9. The van der Waals surface area contributed by atoms with Crippen molar-refractivity contribution < 1.29 is 14.4 Å². The molecule has 1 saturated heterocycles. The molecule has 6 nitrogen and oxygen atoms in total. The SMILES string of the molecule is CCCc1ccc(C2(C)NC(=O)N(CC(=O)N3CCc4sccc4C3CC)C2=O)cc1. The van der Waals surface area contributed by atoms with E-state index < -0.39 is 11.6 Å². The molecule has 7 heteroatoms. The average molecular weight is 440 g/mol. The van der Waals surface area contributed by atoms with E-state index >= 15 is 0 Å². The number of hydrogen-bond acceptors (Lipinski definition) is 4. The number of benzene rings is 1. The summed E-state index contributed by atoms with van der Waals surface area (Å²) in [7, 11) is 0. The van der Waals surface area contributed by atoms with E-state index in [1.165, 1.54) is 16.0 Å². The Labute approximate surface area is 187 Å². The van der Waals surface area contributed by atoms with Gasteiger partial charge in [0.25, 0.3) is 5.91 Å². The Morgan fingerprint density at radius 3 is 2.61 bits per heavy atom. The first kappa shape index (κ1) is 21.6. The number of fused-ring (bicyclic) bond motifs is 1. The Bertz CT molecular complexity index is 1000. The number of nitrogens with zero attached hydrogens (tertiary/aromatic N) is 2. The fourth-order valence-corrected chi connectivity index (χ4v) is 5.62. The zero-order chi connectivity index (χ0) is 22.2. The second-order valence-corrected chi connectivity index (χ2v) is 9.45. The van der Waals surface area contributed by atoms with E-state index in [0.29, 0.717) is 6.54 Å². The van der Waals surface area contributed by atoms with E-state index in [2.05, 4.69) is 30.6 Å². The van der Waals surface area contributed by atoms with Crippen LogP contribution in [0.5, 0.6) is 0 Å². The minimum atomic E-state index is -1.16. The molecule has 3 heterocycles. The maximum absolute atomic E-state index is 13.2. The van der Waals surface area contributed by atoms with Crippen molar-refractivity contribution in [1.82, 2.24) is 15.1 Å². The van der Waals surface area contributed by atoms with Crippen LogP contribution < -0.4 is 5.32 Å². The van der Waals surface area contributed by atoms with Gasteiger partial charge in [-0.3, -0.25) is 14.5 Å². The summed E-state index contributed by atoms with van der Waals surface area (Å²) in [5, 5.41) is 4.88. The summed E-state index contributed by atoms with van der Waals surface area (Å²) < 4.78 is 0. The first-order chi connectivity index (χ1) is 14.9. The number of carbonyl (C=O) groups excluding carboxylic acids is 3. The van der Waals surface area contributed by atoms with E-state index in [0.717, 1.165) is 36.1 Å². The topological polar surface area (TPSA) is 69.7 Å². The lowest BCUT2D eigenvalue weighted by Crippen LogP contribution is -2.47. The van der Waals surface area contributed by atoms with Crippen molar-refractivity contribution in [2.24, 2.45) is 0 Å². The maximum Gasteiger partial charge on any atom is 0.325 e. The van der Waals surface area contributed by atoms with Crippen LogP contribution in [0.25, 0.3) is 0 Å². The van der Waals surface area contributed by atoms with Crippen molar-refractivity contribution in [1.29, 1.82) is 0 Å². The summed E-state index contributed by atoms with van der Waals surface area (Å²) in [4.78, 5) is 43.3. The lowest BCUT2D eigenvalue weighted by molar-refractivity contribution is -0.140. The van der Waals surface area contributed by atoms with Gasteiger partial charge in [0.15, 0.2) is 0 Å². The quantitative estimate of drug-likeness (QED) is 0.692. The van der Waals surface area contributed by atoms with Gasteiger partial charge >= 0.3 is 6.03 Å². The second-order valence-electron chi connectivity index (χ2n) is 8.45. The van der Waals surface area contributed by atoms with Gasteiger partial charge in [-0.1, -0.05) is 44.5 Å². The third-order valence-electron chi connectivity index (χ3n) is 6.44. The Hall–Kier alpha value is -2.67. The molecule has 0 spiro atoms. The number of nitrogens with one attached hydrogen (secondary N) is 1. The molecule has 0 aliphatic carbocycles. The molecule has 2 aliphatic heterocycles. The third-order valence-corrected chi connectivity index (χ3v) is 7.44. The van der Waals surface area contributed by atoms with Crippen molar-refractivity contribution in [3.63, 3.8) is 0 Å². The summed E-state index contributed by atoms with van der Waals surface area (Å²) in [5.74, 6) is -0.565. The fourth-order valence-electron chi connectivity index (χ4n) is 4.69. The molecule has 1 aromatic heterocycles. The van der Waals surface area contributed by atoms with Crippen LogP contribution >= 0.6 is 11.3 Å². The molecule has 4 amide bonds. The molecule has 1 fully saturated rings. The van der Waals surface area contributed by atoms with Crippen molar-refractivity contribution in [2.75, 3.05) is 13.1 Å². The van der Waals surface area contributed by atoms with Gasteiger partial charge in [0.05, 0.1) is 6.04 Å². The molecule has 1 N–H and O–H groups in total. The Balaban J connectivity index is 1.51. The number of carbonyl (C=O) groups is 3. The zero-order valence-electron chi connectivity index (χ0n) is 18.3. The second kappa shape index (κ2) is 8.46. The van der Waals surface area contributed by atoms with Crippen LogP contribution in [0.3, 0.4) is 0 Å². The molecule has 2 aliphatic rings. The number of amides is 4. The summed E-state index contributed by atoms with van der Waals surface area (Å²) in [6.45, 7) is 6.27. The van der Waals surface area contributed by atoms with E-state index in [-0.39, 0.29) is 24.4 Å². The highest BCUT2D eigenvalue weighted by molar-refractivity contribution is 7.10. The number of thiophene rings is 1. The number of urea groups is 1. The van der Waals surface area contributed by atoms with E-state index in [1.807, 2.05) is 29.2 Å². The molecule has 0 radical (unpaired) electrons. The molecule has 2 atom stereocenters. The molecular weight excluding hydrogens is 410 g/mol. The van der Waals surface area contributed by atoms with Gasteiger partial charge in [0.1, 0.15) is 12.1 Å². The van der Waals surface area contributed by atoms with E-state index in [4.69, 9.17) is 0 Å². The predicted octanol–water partition coefficient (Wildman–Crippen LogP) is 4.00. The first-order valence-electron chi connectivity index (χ1n) is 11.0. The highest BCUT2D eigenvalue weighted by Gasteiger charge is 2.50. The average Bonchev–Trinajstić information content (AvgIpc) is 3.32. The summed E-state index contributed by atoms with van der Waals surface area (Å²) in [6, 6.07) is 9.35. The lowest BCUT2D eigenvalue weighted by Gasteiger charge is -2.36. The fraction of sp³-hybridized carbons (Fsp3) is 0.458. The standard InChI is InChI=1S/C24H29N3O3S/c1-4-6-16-7-9-17(10-8-16)24(3)22(29)27(23(30)25-24)15-21(28)26-13-11-20-18(12-14-31-20)19(26)5-2/h7-10,12,14,19H,4-6,11,13,15H2,1-3H3,(H,25,30). The van der Waals surface area contributed by atoms with Crippen LogP contribution in [0.4, 0.5) is 4.79 Å². The van der Waals surface area contributed by atoms with Gasteiger partial charge in [0, 0.05) is 11.4 Å². The van der Waals surface area contributed by atoms with Crippen LogP contribution in [0.2, 0.25) is 0 Å². The summed E-state index contributed by atoms with van der Waals surface area (Å²) >= 11 is 1.73. The lowest BCUT2D eigenvalue weighted by atomic mass is 9.91. The van der Waals surface area contributed by atoms with Gasteiger partial charge in [0.2, 0.25) is 5.91 Å². The van der Waals surface area contributed by atoms with Gasteiger partial charge in [-0.2, -0.15) is 0 Å². The van der Waals surface area contributed by atoms with Crippen LogP contribution in [0, 0.1) is 0 Å². The summed E-state index contributed by atoms with van der Waals surface area (Å²) in [5.41, 5.74) is 1.96. The van der Waals surface area contributed by atoms with Gasteiger partial charge in [-0.25, -0.2) is 4.79 Å². The minimum Gasteiger partial charge on any atom is -0.334 e. The van der Waals surface area contributed by atoms with E-state index in [1.54, 1.807) is 18.3 Å². The molecule has 0 saturated carbocycles. The molecule has 1 aromatic carbocycles. The van der Waals surface area contributed by atoms with Crippen molar-refractivity contribution in [2.45, 2.75) is 58.0 Å². The van der Waals surface area contributed by atoms with E-state index in [9.17, 15) is 14.4 Å². The van der Waals surface area contributed by atoms with Crippen molar-refractivity contribution >= 4 is 29.2 Å². The van der Waals surface area contributed by atoms with Crippen LogP contribution in [0.1, 0.15) is 61.2 Å². The minimum absolute atomic E-state index is 0.000704. The Morgan fingerprint density at radius 2 is 1.94 bits per heavy atom. The molecule has 31 heavy (non-hydrogen) atoms. The van der Waals surface area contributed by atoms with Crippen LogP contribution in [-0.4, -0.2) is 40.7 Å². The molecule has 164 valence electrons. The van der Waals surface area contributed by atoms with Gasteiger partial charge in [-0.05, 0) is 54.3 Å². The zero-order valence-corrected chi connectivity index (χ0v) is 19.1. The molecule has 2 unspecified atom stereocenters. The maximum atomic E-state index is 13.2. The molecule has 0 bridgehead atoms. The Morgan fingerprint density at radius 1 is 1.19 bits per heavy atom. The van der Waals surface area contributed by atoms with Crippen LogP contribution in [0.15, 0.2) is 35.7 Å². The summed E-state index contributed by atoms with van der Waals surface area (Å²) in [6.07, 6.45) is 3.64. The van der Waals surface area contributed by atoms with Crippen molar-refractivity contribution in [3.05, 3.63) is 57.3 Å². The number of hydrogen-bond donors (Lipinski definition) is 1. The highest BCUT2D eigenvalue weighted by Crippen LogP contribution is 2.36. The molecule has 2 aromatic rings. The Kier molecular flexibility index (Phi) is 5.88. The molecule has 4 rings (SSSR count). The van der Waals surface area contributed by atoms with Gasteiger partial charge in [-0.15, -0.1) is 11.3 Å². The smallest absolute Gasteiger partial charge is 0.325 e. The number of imide groups is 1. The number of aryl methyl sites for hydroxylation is 1. The third kappa shape index (κ3) is 3.76. The predicted molar refractivity (Wildman–Crippen MR) is 121 cm³/mol. The largest absolute Gasteiger partial charge is 0.334 e. The van der Waals surface area contributed by atoms with Gasteiger partial charge < -0.3 is 10.2 Å². The van der Waals surface area contributed by atoms with Crippen molar-refractivity contribution in [3.8, 4) is 0 Å². The number of rotatable bonds is 6. The normalized spacial score (nSPS) is 23.1. The highest BCUT2D eigenvalue weighted by atomic mass is 32.1.